The first-order valence-corrected chi connectivity index (χ1v) is 4.92. The molecule has 0 spiro atoms. The Labute approximate surface area is 75.7 Å². The largest absolute Gasteiger partial charge is 0.0810 e. The van der Waals surface area contributed by atoms with Crippen LogP contribution in [0.4, 0.5) is 0 Å². The minimum Gasteiger partial charge on any atom is -0.0810 e. The summed E-state index contributed by atoms with van der Waals surface area (Å²) in [7, 11) is 0. The molecular weight excluding hydrogens is 144 g/mol. The quantitative estimate of drug-likeness (QED) is 0.575. The number of hydrogen-bond donors (Lipinski definition) is 0. The highest BCUT2D eigenvalue weighted by Gasteiger charge is 1.95. The second-order valence-electron chi connectivity index (χ2n) is 3.21. The van der Waals surface area contributed by atoms with Crippen molar-refractivity contribution in [1.82, 2.24) is 0 Å². The van der Waals surface area contributed by atoms with E-state index >= 15 is 0 Å². The molecule has 0 saturated heterocycles. The van der Waals surface area contributed by atoms with Crippen LogP contribution < -0.4 is 0 Å². The Bertz CT molecular complexity index is 216. The van der Waals surface area contributed by atoms with Gasteiger partial charge >= 0.3 is 0 Å². The lowest BCUT2D eigenvalue weighted by molar-refractivity contribution is 0.896. The molecule has 66 valence electrons. The molecule has 0 atom stereocenters. The van der Waals surface area contributed by atoms with Crippen LogP contribution in [0.1, 0.15) is 39.5 Å². The zero-order chi connectivity index (χ0) is 8.81. The van der Waals surface area contributed by atoms with Crippen molar-refractivity contribution in [3.8, 4) is 0 Å². The second-order valence-corrected chi connectivity index (χ2v) is 3.21. The zero-order valence-corrected chi connectivity index (χ0v) is 8.14. The molecule has 0 saturated carbocycles. The molecule has 0 radical (unpaired) electrons. The van der Waals surface area contributed by atoms with E-state index in [0.717, 1.165) is 6.42 Å². The van der Waals surface area contributed by atoms with E-state index in [9.17, 15) is 0 Å². The van der Waals surface area contributed by atoms with Gasteiger partial charge in [-0.15, -0.1) is 0 Å². The Morgan fingerprint density at radius 3 is 2.75 bits per heavy atom. The fourth-order valence-electron chi connectivity index (χ4n) is 1.46. The topological polar surface area (TPSA) is 0 Å². The van der Waals surface area contributed by atoms with Gasteiger partial charge in [-0.3, -0.25) is 0 Å². The van der Waals surface area contributed by atoms with E-state index in [1.165, 1.54) is 24.8 Å². The summed E-state index contributed by atoms with van der Waals surface area (Å²) in [6.45, 7) is 4.44. The second kappa shape index (κ2) is 4.97. The average Bonchev–Trinajstić information content (AvgIpc) is 2.05. The Morgan fingerprint density at radius 1 is 1.25 bits per heavy atom. The Kier molecular flexibility index (Phi) is 3.86. The molecule has 0 amide bonds. The molecule has 1 aliphatic rings. The van der Waals surface area contributed by atoms with Gasteiger partial charge in [0, 0.05) is 0 Å². The van der Waals surface area contributed by atoms with Crippen LogP contribution in [0.3, 0.4) is 0 Å². The molecule has 0 nitrogen and oxygen atoms in total. The molecule has 0 N–H and O–H groups in total. The highest BCUT2D eigenvalue weighted by atomic mass is 14.0. The van der Waals surface area contributed by atoms with Gasteiger partial charge in [0.25, 0.3) is 0 Å². The summed E-state index contributed by atoms with van der Waals surface area (Å²) >= 11 is 0. The predicted molar refractivity (Wildman–Crippen MR) is 55.1 cm³/mol. The molecule has 0 heteroatoms. The molecule has 0 aromatic rings. The lowest BCUT2D eigenvalue weighted by atomic mass is 10.0. The molecule has 0 bridgehead atoms. The average molecular weight is 162 g/mol. The van der Waals surface area contributed by atoms with E-state index in [4.69, 9.17) is 0 Å². The maximum Gasteiger partial charge on any atom is -0.0282 e. The van der Waals surface area contributed by atoms with Crippen LogP contribution in [0, 0.1) is 0 Å². The van der Waals surface area contributed by atoms with Crippen molar-refractivity contribution in [2.45, 2.75) is 39.5 Å². The minimum atomic E-state index is 1.16. The van der Waals surface area contributed by atoms with Crippen LogP contribution in [0.15, 0.2) is 35.5 Å². The van der Waals surface area contributed by atoms with Crippen LogP contribution >= 0.6 is 0 Å². The molecule has 0 aromatic carbocycles. The van der Waals surface area contributed by atoms with Gasteiger partial charge in [0.05, 0.1) is 0 Å². The van der Waals surface area contributed by atoms with Gasteiger partial charge in [0.1, 0.15) is 0 Å². The summed E-state index contributed by atoms with van der Waals surface area (Å²) in [4.78, 5) is 0. The van der Waals surface area contributed by atoms with Crippen molar-refractivity contribution in [2.75, 3.05) is 0 Å². The summed E-state index contributed by atoms with van der Waals surface area (Å²) in [6, 6.07) is 0. The van der Waals surface area contributed by atoms with Crippen molar-refractivity contribution < 1.29 is 0 Å². The number of hydrogen-bond acceptors (Lipinski definition) is 0. The third-order valence-electron chi connectivity index (χ3n) is 2.38. The Hall–Kier alpha value is -0.780. The van der Waals surface area contributed by atoms with Crippen molar-refractivity contribution in [1.29, 1.82) is 0 Å². The van der Waals surface area contributed by atoms with E-state index in [0.29, 0.717) is 0 Å². The monoisotopic (exact) mass is 162 g/mol. The fourth-order valence-corrected chi connectivity index (χ4v) is 1.46. The van der Waals surface area contributed by atoms with Crippen molar-refractivity contribution in [2.24, 2.45) is 0 Å². The summed E-state index contributed by atoms with van der Waals surface area (Å²) in [5.41, 5.74) is 3.04. The lowest BCUT2D eigenvalue weighted by Gasteiger charge is -2.05. The maximum atomic E-state index is 2.36. The van der Waals surface area contributed by atoms with Crippen molar-refractivity contribution in [3.63, 3.8) is 0 Å². The summed E-state index contributed by atoms with van der Waals surface area (Å²) in [5.74, 6) is 0. The molecule has 0 aliphatic heterocycles. The maximum absolute atomic E-state index is 2.36. The van der Waals surface area contributed by atoms with Gasteiger partial charge in [-0.05, 0) is 25.7 Å². The first-order chi connectivity index (χ1) is 5.86. The first kappa shape index (κ1) is 9.31. The molecule has 0 heterocycles. The molecule has 1 aliphatic carbocycles. The number of rotatable bonds is 2. The van der Waals surface area contributed by atoms with Crippen LogP contribution in [0.5, 0.6) is 0 Å². The Morgan fingerprint density at radius 2 is 2.08 bits per heavy atom. The van der Waals surface area contributed by atoms with Crippen LogP contribution in [0.2, 0.25) is 0 Å². The minimum absolute atomic E-state index is 1.16. The van der Waals surface area contributed by atoms with E-state index in [1.54, 1.807) is 5.57 Å². The van der Waals surface area contributed by atoms with Gasteiger partial charge in [-0.25, -0.2) is 0 Å². The van der Waals surface area contributed by atoms with Gasteiger partial charge < -0.3 is 0 Å². The van der Waals surface area contributed by atoms with Crippen molar-refractivity contribution >= 4 is 0 Å². The van der Waals surface area contributed by atoms with Gasteiger partial charge in [-0.1, -0.05) is 49.3 Å². The third kappa shape index (κ3) is 2.69. The van der Waals surface area contributed by atoms with Gasteiger partial charge in [0.15, 0.2) is 0 Å². The SMILES string of the molecule is CCC1=C/CC/C(CC)=C/C=C\1. The number of allylic oxidation sites excluding steroid dienone is 6. The highest BCUT2D eigenvalue weighted by molar-refractivity contribution is 5.26. The molecular formula is C12H18. The predicted octanol–water partition coefficient (Wildman–Crippen LogP) is 4.01. The van der Waals surface area contributed by atoms with Gasteiger partial charge in [0.2, 0.25) is 0 Å². The van der Waals surface area contributed by atoms with E-state index < -0.39 is 0 Å². The standard InChI is InChI=1S/C12H18/c1-3-11-7-5-9-12(4-2)10-6-8-11/h5,7-9H,3-4,6,10H2,1-2H3/b7-5-,11-8-,12-9+. The van der Waals surface area contributed by atoms with Crippen LogP contribution in [0.25, 0.3) is 0 Å². The van der Waals surface area contributed by atoms with E-state index in [-0.39, 0.29) is 0 Å². The first-order valence-electron chi connectivity index (χ1n) is 4.92. The molecule has 1 rings (SSSR count). The highest BCUT2D eigenvalue weighted by Crippen LogP contribution is 2.15. The smallest absolute Gasteiger partial charge is 0.0282 e. The molecule has 12 heavy (non-hydrogen) atoms. The third-order valence-corrected chi connectivity index (χ3v) is 2.38. The molecule has 0 unspecified atom stereocenters. The van der Waals surface area contributed by atoms with Crippen LogP contribution in [-0.4, -0.2) is 0 Å². The normalized spacial score (nSPS) is 29.2. The zero-order valence-electron chi connectivity index (χ0n) is 8.14. The Balaban J connectivity index is 2.66. The summed E-state index contributed by atoms with van der Waals surface area (Å²) in [5, 5.41) is 0. The van der Waals surface area contributed by atoms with E-state index in [2.05, 4.69) is 38.2 Å². The fraction of sp³-hybridized carbons (Fsp3) is 0.500. The lowest BCUT2D eigenvalue weighted by Crippen LogP contribution is -1.84. The molecule has 0 aromatic heterocycles. The summed E-state index contributed by atoms with van der Waals surface area (Å²) in [6.07, 6.45) is 13.9. The van der Waals surface area contributed by atoms with Crippen molar-refractivity contribution in [3.05, 3.63) is 35.5 Å². The summed E-state index contributed by atoms with van der Waals surface area (Å²) < 4.78 is 0. The van der Waals surface area contributed by atoms with Gasteiger partial charge in [-0.2, -0.15) is 0 Å². The molecule has 0 fully saturated rings. The van der Waals surface area contributed by atoms with E-state index in [1.807, 2.05) is 0 Å². The van der Waals surface area contributed by atoms with Crippen LogP contribution in [-0.2, 0) is 0 Å².